The monoisotopic (exact) mass is 482 g/mol. The maximum Gasteiger partial charge on any atom is 0.240 e. The number of hydrogen-bond donors (Lipinski definition) is 2. The van der Waals surface area contributed by atoms with E-state index in [0.717, 1.165) is 24.1 Å². The molecule has 0 aliphatic carbocycles. The van der Waals surface area contributed by atoms with Crippen molar-refractivity contribution in [1.29, 1.82) is 0 Å². The third-order valence-corrected chi connectivity index (χ3v) is 6.96. The molecule has 0 radical (unpaired) electrons. The van der Waals surface area contributed by atoms with E-state index in [0.29, 0.717) is 29.7 Å². The van der Waals surface area contributed by atoms with Gasteiger partial charge in [0.25, 0.3) is 0 Å². The van der Waals surface area contributed by atoms with E-state index in [9.17, 15) is 13.2 Å². The first-order valence-corrected chi connectivity index (χ1v) is 12.6. The van der Waals surface area contributed by atoms with Crippen LogP contribution in [0.3, 0.4) is 0 Å². The molecule has 0 fully saturated rings. The predicted octanol–water partition coefficient (Wildman–Crippen LogP) is 3.65. The number of aryl methyl sites for hydroxylation is 1. The second-order valence-corrected chi connectivity index (χ2v) is 9.90. The lowest BCUT2D eigenvalue weighted by atomic mass is 10.2. The van der Waals surface area contributed by atoms with Crippen molar-refractivity contribution >= 4 is 38.9 Å². The molecular weight excluding hydrogens is 460 g/mol. The molecule has 166 valence electrons. The van der Waals surface area contributed by atoms with Crippen LogP contribution in [0.4, 0.5) is 0 Å². The highest BCUT2D eigenvalue weighted by molar-refractivity contribution is 7.89. The minimum Gasteiger partial charge on any atom is -0.356 e. The molecule has 8 nitrogen and oxygen atoms in total. The topological polar surface area (TPSA) is 114 Å². The van der Waals surface area contributed by atoms with Gasteiger partial charge in [-0.3, -0.25) is 4.79 Å². The first-order chi connectivity index (χ1) is 14.9. The Morgan fingerprint density at radius 1 is 1.10 bits per heavy atom. The molecule has 0 saturated heterocycles. The summed E-state index contributed by atoms with van der Waals surface area (Å²) in [6.07, 6.45) is 3.36. The summed E-state index contributed by atoms with van der Waals surface area (Å²) in [4.78, 5) is 17.4. The number of halogens is 1. The molecule has 1 amide bonds. The maximum absolute atomic E-state index is 12.1. The Labute approximate surface area is 190 Å². The molecule has 0 aliphatic heterocycles. The van der Waals surface area contributed by atoms with Gasteiger partial charge in [0, 0.05) is 31.0 Å². The molecule has 0 aliphatic rings. The fourth-order valence-corrected chi connectivity index (χ4v) is 4.56. The minimum atomic E-state index is -3.65. The Kier molecular flexibility index (Phi) is 8.59. The van der Waals surface area contributed by atoms with Crippen molar-refractivity contribution in [3.05, 3.63) is 52.7 Å². The minimum absolute atomic E-state index is 0.0283. The van der Waals surface area contributed by atoms with Crippen molar-refractivity contribution in [2.75, 3.05) is 13.1 Å². The first-order valence-electron chi connectivity index (χ1n) is 9.82. The molecule has 1 aromatic carbocycles. The van der Waals surface area contributed by atoms with E-state index in [-0.39, 0.29) is 23.8 Å². The molecule has 0 bridgehead atoms. The highest BCUT2D eigenvalue weighted by Gasteiger charge is 2.14. The zero-order valence-corrected chi connectivity index (χ0v) is 19.1. The lowest BCUT2D eigenvalue weighted by Gasteiger charge is -2.08. The molecule has 0 unspecified atom stereocenters. The number of amides is 1. The van der Waals surface area contributed by atoms with Crippen molar-refractivity contribution in [1.82, 2.24) is 20.2 Å². The Morgan fingerprint density at radius 2 is 1.90 bits per heavy atom. The number of aromatic nitrogens is 2. The van der Waals surface area contributed by atoms with Gasteiger partial charge in [-0.1, -0.05) is 29.2 Å². The number of carbonyl (C=O) groups is 1. The van der Waals surface area contributed by atoms with Crippen molar-refractivity contribution in [3.63, 3.8) is 0 Å². The van der Waals surface area contributed by atoms with Gasteiger partial charge in [-0.15, -0.1) is 11.3 Å². The van der Waals surface area contributed by atoms with Crippen LogP contribution in [-0.2, 0) is 21.2 Å². The predicted molar refractivity (Wildman–Crippen MR) is 119 cm³/mol. The first kappa shape index (κ1) is 23.4. The molecule has 3 aromatic rings. The standard InChI is InChI=1S/C20H23ClN4O4S2/c21-15-7-9-16(10-8-15)31(27,28)23-13-11-18(26)22-12-3-1-2-6-19-24-20(25-29-19)17-5-4-14-30-17/h4-5,7-10,14,23H,1-3,6,11-13H2,(H,22,26). The Balaban J connectivity index is 1.25. The summed E-state index contributed by atoms with van der Waals surface area (Å²) in [5.41, 5.74) is 0. The third kappa shape index (κ3) is 7.42. The molecule has 0 spiro atoms. The molecule has 11 heteroatoms. The molecule has 2 N–H and O–H groups in total. The van der Waals surface area contributed by atoms with Crippen LogP contribution in [0.15, 0.2) is 51.2 Å². The van der Waals surface area contributed by atoms with Crippen LogP contribution in [-0.4, -0.2) is 37.6 Å². The zero-order valence-electron chi connectivity index (χ0n) is 16.7. The lowest BCUT2D eigenvalue weighted by Crippen LogP contribution is -2.31. The highest BCUT2D eigenvalue weighted by atomic mass is 35.5. The second kappa shape index (κ2) is 11.4. The van der Waals surface area contributed by atoms with Gasteiger partial charge in [0.05, 0.1) is 9.77 Å². The van der Waals surface area contributed by atoms with E-state index < -0.39 is 10.0 Å². The van der Waals surface area contributed by atoms with Gasteiger partial charge in [-0.2, -0.15) is 4.98 Å². The number of nitrogens with zero attached hydrogens (tertiary/aromatic N) is 2. The summed E-state index contributed by atoms with van der Waals surface area (Å²) in [6.45, 7) is 0.563. The lowest BCUT2D eigenvalue weighted by molar-refractivity contribution is -0.120. The normalized spacial score (nSPS) is 11.5. The van der Waals surface area contributed by atoms with Gasteiger partial charge in [0.1, 0.15) is 0 Å². The molecular formula is C20H23ClN4O4S2. The van der Waals surface area contributed by atoms with Crippen LogP contribution in [0.1, 0.15) is 31.6 Å². The van der Waals surface area contributed by atoms with Gasteiger partial charge >= 0.3 is 0 Å². The van der Waals surface area contributed by atoms with Gasteiger partial charge in [-0.25, -0.2) is 13.1 Å². The fourth-order valence-electron chi connectivity index (χ4n) is 2.75. The number of sulfonamides is 1. The van der Waals surface area contributed by atoms with E-state index in [1.807, 2.05) is 17.5 Å². The quantitative estimate of drug-likeness (QED) is 0.381. The van der Waals surface area contributed by atoms with Crippen LogP contribution in [0.2, 0.25) is 5.02 Å². The number of unbranched alkanes of at least 4 members (excludes halogenated alkanes) is 2. The highest BCUT2D eigenvalue weighted by Crippen LogP contribution is 2.21. The SMILES string of the molecule is O=C(CCNS(=O)(=O)c1ccc(Cl)cc1)NCCCCCc1nc(-c2cccs2)no1. The summed E-state index contributed by atoms with van der Waals surface area (Å²) < 4.78 is 31.9. The summed E-state index contributed by atoms with van der Waals surface area (Å²) >= 11 is 7.33. The summed E-state index contributed by atoms with van der Waals surface area (Å²) in [7, 11) is -3.65. The van der Waals surface area contributed by atoms with Crippen LogP contribution in [0.25, 0.3) is 10.7 Å². The number of thiophene rings is 1. The number of rotatable bonds is 12. The molecule has 2 aromatic heterocycles. The van der Waals surface area contributed by atoms with E-state index in [2.05, 4.69) is 20.2 Å². The maximum atomic E-state index is 12.1. The van der Waals surface area contributed by atoms with Crippen molar-refractivity contribution in [2.45, 2.75) is 37.0 Å². The largest absolute Gasteiger partial charge is 0.356 e. The van der Waals surface area contributed by atoms with Gasteiger partial charge in [-0.05, 0) is 48.6 Å². The number of benzene rings is 1. The van der Waals surface area contributed by atoms with Crippen LogP contribution < -0.4 is 10.0 Å². The number of hydrogen-bond acceptors (Lipinski definition) is 7. The van der Waals surface area contributed by atoms with E-state index in [1.165, 1.54) is 24.3 Å². The Bertz CT molecular complexity index is 1070. The number of carbonyl (C=O) groups excluding carboxylic acids is 1. The average molecular weight is 483 g/mol. The Hall–Kier alpha value is -2.27. The summed E-state index contributed by atoms with van der Waals surface area (Å²) in [5, 5.41) is 9.20. The Morgan fingerprint density at radius 3 is 2.65 bits per heavy atom. The summed E-state index contributed by atoms with van der Waals surface area (Å²) in [5.74, 6) is 1.03. The molecule has 31 heavy (non-hydrogen) atoms. The fraction of sp³-hybridized carbons (Fsp3) is 0.350. The average Bonchev–Trinajstić information content (AvgIpc) is 3.42. The van der Waals surface area contributed by atoms with Crippen LogP contribution in [0, 0.1) is 0 Å². The van der Waals surface area contributed by atoms with E-state index in [4.69, 9.17) is 16.1 Å². The van der Waals surface area contributed by atoms with Gasteiger partial charge in [0.2, 0.25) is 27.6 Å². The summed E-state index contributed by atoms with van der Waals surface area (Å²) in [6, 6.07) is 9.74. The smallest absolute Gasteiger partial charge is 0.240 e. The van der Waals surface area contributed by atoms with E-state index >= 15 is 0 Å². The second-order valence-electron chi connectivity index (χ2n) is 6.75. The molecule has 0 atom stereocenters. The van der Waals surface area contributed by atoms with Crippen molar-refractivity contribution in [3.8, 4) is 10.7 Å². The zero-order chi connectivity index (χ0) is 22.1. The molecule has 2 heterocycles. The third-order valence-electron chi connectivity index (χ3n) is 4.37. The van der Waals surface area contributed by atoms with Gasteiger partial charge in [0.15, 0.2) is 0 Å². The van der Waals surface area contributed by atoms with Crippen molar-refractivity contribution in [2.24, 2.45) is 0 Å². The molecule has 3 rings (SSSR count). The van der Waals surface area contributed by atoms with Gasteiger partial charge < -0.3 is 9.84 Å². The molecule has 0 saturated carbocycles. The number of nitrogens with one attached hydrogen (secondary N) is 2. The van der Waals surface area contributed by atoms with Crippen LogP contribution >= 0.6 is 22.9 Å². The van der Waals surface area contributed by atoms with E-state index in [1.54, 1.807) is 11.3 Å². The van der Waals surface area contributed by atoms with Crippen molar-refractivity contribution < 1.29 is 17.7 Å². The van der Waals surface area contributed by atoms with Crippen LogP contribution in [0.5, 0.6) is 0 Å².